The van der Waals surface area contributed by atoms with Gasteiger partial charge in [-0.25, -0.2) is 0 Å². The average molecular weight is 469 g/mol. The summed E-state index contributed by atoms with van der Waals surface area (Å²) in [4.78, 5) is 7.29. The quantitative estimate of drug-likeness (QED) is 0.205. The van der Waals surface area contributed by atoms with Crippen molar-refractivity contribution in [1.82, 2.24) is 10.2 Å². The Morgan fingerprint density at radius 3 is 2.56 bits per heavy atom. The summed E-state index contributed by atoms with van der Waals surface area (Å²) in [6.07, 6.45) is 6.04. The summed E-state index contributed by atoms with van der Waals surface area (Å²) in [5, 5.41) is 3.47. The van der Waals surface area contributed by atoms with Crippen molar-refractivity contribution in [2.75, 3.05) is 53.1 Å². The highest BCUT2D eigenvalue weighted by atomic mass is 127. The van der Waals surface area contributed by atoms with E-state index in [4.69, 9.17) is 14.5 Å². The van der Waals surface area contributed by atoms with Gasteiger partial charge in [-0.2, -0.15) is 0 Å². The van der Waals surface area contributed by atoms with Crippen LogP contribution in [0, 0.1) is 11.8 Å². The van der Waals surface area contributed by atoms with Gasteiger partial charge in [-0.15, -0.1) is 24.0 Å². The number of halogens is 1. The van der Waals surface area contributed by atoms with Crippen LogP contribution in [0.25, 0.3) is 0 Å². The zero-order valence-electron chi connectivity index (χ0n) is 16.8. The average Bonchev–Trinajstić information content (AvgIpc) is 3.07. The first-order chi connectivity index (χ1) is 11.8. The van der Waals surface area contributed by atoms with Crippen molar-refractivity contribution in [2.45, 2.75) is 52.9 Å². The maximum Gasteiger partial charge on any atom is 0.193 e. The topological polar surface area (TPSA) is 46.1 Å². The van der Waals surface area contributed by atoms with E-state index in [-0.39, 0.29) is 24.0 Å². The molecule has 0 radical (unpaired) electrons. The third-order valence-electron chi connectivity index (χ3n) is 4.96. The number of rotatable bonds is 12. The third-order valence-corrected chi connectivity index (χ3v) is 4.96. The number of likely N-dealkylation sites (tertiary alicyclic amines) is 1. The minimum atomic E-state index is 0. The smallest absolute Gasteiger partial charge is 0.193 e. The summed E-state index contributed by atoms with van der Waals surface area (Å²) in [6, 6.07) is 0. The van der Waals surface area contributed by atoms with Gasteiger partial charge in [-0.3, -0.25) is 4.99 Å². The first-order valence-corrected chi connectivity index (χ1v) is 9.86. The zero-order valence-corrected chi connectivity index (χ0v) is 19.1. The van der Waals surface area contributed by atoms with E-state index in [2.05, 4.69) is 31.0 Å². The second kappa shape index (κ2) is 16.1. The van der Waals surface area contributed by atoms with E-state index in [1.165, 1.54) is 19.3 Å². The molecular formula is C19H40IN3O2. The van der Waals surface area contributed by atoms with Gasteiger partial charge in [0.1, 0.15) is 0 Å². The Morgan fingerprint density at radius 1 is 1.16 bits per heavy atom. The number of unbranched alkanes of at least 4 members (excludes halogenated alkanes) is 1. The highest BCUT2D eigenvalue weighted by Crippen LogP contribution is 2.28. The highest BCUT2D eigenvalue weighted by molar-refractivity contribution is 14.0. The summed E-state index contributed by atoms with van der Waals surface area (Å²) in [5.41, 5.74) is 0. The van der Waals surface area contributed by atoms with Crippen LogP contribution in [0.15, 0.2) is 4.99 Å². The predicted octanol–water partition coefficient (Wildman–Crippen LogP) is 3.77. The van der Waals surface area contributed by atoms with E-state index in [0.29, 0.717) is 13.2 Å². The lowest BCUT2D eigenvalue weighted by atomic mass is 9.87. The molecule has 1 aliphatic heterocycles. The molecule has 1 unspecified atom stereocenters. The van der Waals surface area contributed by atoms with Gasteiger partial charge >= 0.3 is 0 Å². The molecule has 0 aromatic carbocycles. The fraction of sp³-hybridized carbons (Fsp3) is 0.947. The van der Waals surface area contributed by atoms with E-state index in [1.807, 2.05) is 0 Å². The molecule has 150 valence electrons. The zero-order chi connectivity index (χ0) is 17.6. The van der Waals surface area contributed by atoms with Crippen LogP contribution in [0.3, 0.4) is 0 Å². The second-order valence-electron chi connectivity index (χ2n) is 6.62. The summed E-state index contributed by atoms with van der Waals surface area (Å²) in [6.45, 7) is 13.1. The monoisotopic (exact) mass is 469 g/mol. The molecule has 0 bridgehead atoms. The van der Waals surface area contributed by atoms with Gasteiger partial charge in [-0.05, 0) is 38.0 Å². The van der Waals surface area contributed by atoms with Gasteiger partial charge in [-0.1, -0.05) is 26.7 Å². The number of nitrogens with one attached hydrogen (secondary N) is 1. The normalized spacial score (nSPS) is 17.9. The van der Waals surface area contributed by atoms with Crippen molar-refractivity contribution in [3.05, 3.63) is 0 Å². The van der Waals surface area contributed by atoms with Crippen molar-refractivity contribution in [1.29, 1.82) is 0 Å². The molecule has 0 saturated carbocycles. The molecule has 1 rings (SSSR count). The van der Waals surface area contributed by atoms with E-state index in [0.717, 1.165) is 63.4 Å². The van der Waals surface area contributed by atoms with Gasteiger partial charge < -0.3 is 19.7 Å². The first-order valence-electron chi connectivity index (χ1n) is 9.86. The van der Waals surface area contributed by atoms with Crippen molar-refractivity contribution in [3.8, 4) is 0 Å². The Balaban J connectivity index is 0.00000576. The second-order valence-corrected chi connectivity index (χ2v) is 6.62. The van der Waals surface area contributed by atoms with Crippen LogP contribution in [0.4, 0.5) is 0 Å². The molecule has 0 aromatic heterocycles. The Labute approximate surface area is 172 Å². The molecule has 0 aromatic rings. The molecule has 1 heterocycles. The fourth-order valence-electron chi connectivity index (χ4n) is 3.49. The number of guanidine groups is 1. The first kappa shape index (κ1) is 24.9. The molecule has 1 fully saturated rings. The van der Waals surface area contributed by atoms with Crippen LogP contribution >= 0.6 is 24.0 Å². The molecular weight excluding hydrogens is 429 g/mol. The van der Waals surface area contributed by atoms with Crippen LogP contribution in [0.5, 0.6) is 0 Å². The largest absolute Gasteiger partial charge is 0.382 e. The molecule has 0 amide bonds. The molecule has 1 atom stereocenters. The van der Waals surface area contributed by atoms with Crippen molar-refractivity contribution < 1.29 is 9.47 Å². The van der Waals surface area contributed by atoms with Gasteiger partial charge in [0.15, 0.2) is 5.96 Å². The molecule has 0 spiro atoms. The van der Waals surface area contributed by atoms with Crippen molar-refractivity contribution >= 4 is 29.9 Å². The molecule has 1 aliphatic rings. The number of ether oxygens (including phenoxy) is 2. The minimum Gasteiger partial charge on any atom is -0.382 e. The maximum atomic E-state index is 5.49. The van der Waals surface area contributed by atoms with Gasteiger partial charge in [0.2, 0.25) is 0 Å². The lowest BCUT2D eigenvalue weighted by Gasteiger charge is -2.24. The van der Waals surface area contributed by atoms with Crippen molar-refractivity contribution in [3.63, 3.8) is 0 Å². The standard InChI is InChI=1S/C19H39N3O2.HI/c1-5-17(6-2)18-10-12-22(16-18)19(20-7-3)21-11-8-9-13-24-15-14-23-4;/h17-18H,5-16H2,1-4H3,(H,20,21);1H. The van der Waals surface area contributed by atoms with Gasteiger partial charge in [0, 0.05) is 39.9 Å². The van der Waals surface area contributed by atoms with E-state index < -0.39 is 0 Å². The summed E-state index contributed by atoms with van der Waals surface area (Å²) < 4.78 is 10.5. The van der Waals surface area contributed by atoms with Crippen LogP contribution < -0.4 is 5.32 Å². The number of aliphatic imine (C=N–C) groups is 1. The van der Waals surface area contributed by atoms with Crippen LogP contribution in [0.2, 0.25) is 0 Å². The molecule has 0 aliphatic carbocycles. The lowest BCUT2D eigenvalue weighted by Crippen LogP contribution is -2.40. The van der Waals surface area contributed by atoms with Gasteiger partial charge in [0.05, 0.1) is 13.2 Å². The maximum absolute atomic E-state index is 5.49. The predicted molar refractivity (Wildman–Crippen MR) is 117 cm³/mol. The number of methoxy groups -OCH3 is 1. The Kier molecular flexibility index (Phi) is 16.1. The van der Waals surface area contributed by atoms with Crippen molar-refractivity contribution in [2.24, 2.45) is 16.8 Å². The minimum absolute atomic E-state index is 0. The lowest BCUT2D eigenvalue weighted by molar-refractivity contribution is 0.0690. The fourth-order valence-corrected chi connectivity index (χ4v) is 3.49. The highest BCUT2D eigenvalue weighted by Gasteiger charge is 2.29. The van der Waals surface area contributed by atoms with Crippen LogP contribution in [-0.4, -0.2) is 64.0 Å². The van der Waals surface area contributed by atoms with E-state index in [9.17, 15) is 0 Å². The molecule has 1 saturated heterocycles. The Morgan fingerprint density at radius 2 is 1.92 bits per heavy atom. The Bertz CT molecular complexity index is 339. The molecule has 25 heavy (non-hydrogen) atoms. The number of hydrogen-bond acceptors (Lipinski definition) is 3. The number of nitrogens with zero attached hydrogens (tertiary/aromatic N) is 2. The molecule has 6 heteroatoms. The van der Waals surface area contributed by atoms with E-state index in [1.54, 1.807) is 7.11 Å². The number of hydrogen-bond donors (Lipinski definition) is 1. The SMILES string of the molecule is CCNC(=NCCCCOCCOC)N1CCC(C(CC)CC)C1.I. The summed E-state index contributed by atoms with van der Waals surface area (Å²) >= 11 is 0. The molecule has 1 N–H and O–H groups in total. The van der Waals surface area contributed by atoms with Crippen LogP contribution in [-0.2, 0) is 9.47 Å². The summed E-state index contributed by atoms with van der Waals surface area (Å²) in [7, 11) is 1.70. The third kappa shape index (κ3) is 9.99. The molecule has 5 nitrogen and oxygen atoms in total. The Hall–Kier alpha value is -0.0800. The van der Waals surface area contributed by atoms with E-state index >= 15 is 0 Å². The van der Waals surface area contributed by atoms with Crippen LogP contribution in [0.1, 0.15) is 52.9 Å². The van der Waals surface area contributed by atoms with Gasteiger partial charge in [0.25, 0.3) is 0 Å². The summed E-state index contributed by atoms with van der Waals surface area (Å²) in [5.74, 6) is 2.80.